The Morgan fingerprint density at radius 1 is 1.30 bits per heavy atom. The lowest BCUT2D eigenvalue weighted by molar-refractivity contribution is -0.143. The third kappa shape index (κ3) is 7.13. The normalized spacial score (nSPS) is 22.5. The van der Waals surface area contributed by atoms with Gasteiger partial charge in [-0.3, -0.25) is 9.59 Å². The number of alkyl halides is 3. The number of hydrogen-bond donors (Lipinski definition) is 1. The second kappa shape index (κ2) is 9.53. The van der Waals surface area contributed by atoms with Crippen molar-refractivity contribution in [3.05, 3.63) is 23.3 Å². The maximum atomic E-state index is 13.5. The molecule has 0 aliphatic heterocycles. The fourth-order valence-electron chi connectivity index (χ4n) is 3.45. The fourth-order valence-corrected chi connectivity index (χ4v) is 3.45. The van der Waals surface area contributed by atoms with E-state index in [1.165, 1.54) is 6.08 Å². The minimum Gasteiger partial charge on any atom is -0.481 e. The van der Waals surface area contributed by atoms with Gasteiger partial charge in [0.25, 0.3) is 0 Å². The molecule has 0 saturated carbocycles. The molecule has 0 radical (unpaired) electrons. The average molecular weight is 389 g/mol. The van der Waals surface area contributed by atoms with Gasteiger partial charge in [-0.2, -0.15) is 13.2 Å². The van der Waals surface area contributed by atoms with Gasteiger partial charge in [0.1, 0.15) is 0 Å². The van der Waals surface area contributed by atoms with Crippen LogP contribution >= 0.6 is 0 Å². The number of hydrogen-bond acceptors (Lipinski definition) is 3. The van der Waals surface area contributed by atoms with Gasteiger partial charge in [0.05, 0.1) is 11.5 Å². The molecule has 1 aliphatic carbocycles. The molecule has 7 heteroatoms. The molecule has 1 N–H and O–H groups in total. The number of carbonyl (C=O) groups is 2. The summed E-state index contributed by atoms with van der Waals surface area (Å²) in [6, 6.07) is 0. The first-order chi connectivity index (χ1) is 12.3. The number of ketones is 1. The summed E-state index contributed by atoms with van der Waals surface area (Å²) in [6.45, 7) is 5.89. The molecule has 0 fully saturated rings. The van der Waals surface area contributed by atoms with Gasteiger partial charge in [0.2, 0.25) is 0 Å². The quantitative estimate of drug-likeness (QED) is 0.672. The van der Waals surface area contributed by atoms with Crippen molar-refractivity contribution in [2.45, 2.75) is 46.2 Å². The highest BCUT2D eigenvalue weighted by atomic mass is 19.4. The van der Waals surface area contributed by atoms with Gasteiger partial charge in [-0.1, -0.05) is 26.8 Å². The molecule has 0 amide bonds. The predicted molar refractivity (Wildman–Crippen MR) is 98.3 cm³/mol. The lowest BCUT2D eigenvalue weighted by Crippen LogP contribution is -2.27. The van der Waals surface area contributed by atoms with Crippen LogP contribution in [0.5, 0.6) is 0 Å². The lowest BCUT2D eigenvalue weighted by atomic mass is 9.80. The Balaban J connectivity index is 3.22. The number of carboxylic acid groups (broad SMARTS) is 1. The van der Waals surface area contributed by atoms with Crippen LogP contribution in [0.3, 0.4) is 0 Å². The molecule has 0 spiro atoms. The largest absolute Gasteiger partial charge is 0.481 e. The molecule has 1 rings (SSSR count). The number of halogens is 3. The zero-order valence-electron chi connectivity index (χ0n) is 16.6. The van der Waals surface area contributed by atoms with Gasteiger partial charge >= 0.3 is 12.1 Å². The van der Waals surface area contributed by atoms with Crippen LogP contribution in [0.2, 0.25) is 0 Å². The molecule has 0 saturated heterocycles. The Labute approximate surface area is 159 Å². The van der Waals surface area contributed by atoms with E-state index in [-0.39, 0.29) is 24.3 Å². The lowest BCUT2D eigenvalue weighted by Gasteiger charge is -2.23. The fraction of sp³-hybridized carbons (Fsp3) is 0.700. The SMILES string of the molecule is CC(C)CC(CC1C(=O)C=C(C(F)(F)F)C(CCN(C)C)=CC1C)C(=O)O. The van der Waals surface area contributed by atoms with E-state index in [0.717, 1.165) is 0 Å². The van der Waals surface area contributed by atoms with E-state index in [0.29, 0.717) is 19.0 Å². The van der Waals surface area contributed by atoms with Crippen molar-refractivity contribution in [2.24, 2.45) is 23.7 Å². The molecule has 0 aromatic heterocycles. The van der Waals surface area contributed by atoms with Gasteiger partial charge in [-0.25, -0.2) is 0 Å². The van der Waals surface area contributed by atoms with Crippen LogP contribution in [0, 0.1) is 23.7 Å². The van der Waals surface area contributed by atoms with Crippen LogP contribution in [-0.2, 0) is 9.59 Å². The maximum Gasteiger partial charge on any atom is 0.416 e. The average Bonchev–Trinajstić information content (AvgIpc) is 2.61. The van der Waals surface area contributed by atoms with Crippen molar-refractivity contribution in [1.29, 1.82) is 0 Å². The molecular weight excluding hydrogens is 359 g/mol. The van der Waals surface area contributed by atoms with E-state index in [2.05, 4.69) is 0 Å². The summed E-state index contributed by atoms with van der Waals surface area (Å²) in [7, 11) is 3.55. The molecule has 0 aromatic rings. The Morgan fingerprint density at radius 2 is 1.89 bits per heavy atom. The molecule has 3 atom stereocenters. The second-order valence-corrected chi connectivity index (χ2v) is 8.07. The van der Waals surface area contributed by atoms with E-state index >= 15 is 0 Å². The second-order valence-electron chi connectivity index (χ2n) is 8.07. The number of carbonyl (C=O) groups excluding carboxylic acids is 1. The highest BCUT2D eigenvalue weighted by Crippen LogP contribution is 2.38. The summed E-state index contributed by atoms with van der Waals surface area (Å²) >= 11 is 0. The summed E-state index contributed by atoms with van der Waals surface area (Å²) < 4.78 is 40.6. The zero-order chi connectivity index (χ0) is 20.9. The number of rotatable bonds is 8. The topological polar surface area (TPSA) is 57.6 Å². The Hall–Kier alpha value is -1.63. The molecule has 0 aromatic carbocycles. The molecule has 154 valence electrons. The van der Waals surface area contributed by atoms with E-state index in [4.69, 9.17) is 0 Å². The van der Waals surface area contributed by atoms with E-state index in [1.807, 2.05) is 13.8 Å². The molecule has 27 heavy (non-hydrogen) atoms. The van der Waals surface area contributed by atoms with E-state index < -0.39 is 41.3 Å². The van der Waals surface area contributed by atoms with E-state index in [1.54, 1.807) is 25.9 Å². The van der Waals surface area contributed by atoms with Crippen LogP contribution in [0.15, 0.2) is 23.3 Å². The smallest absolute Gasteiger partial charge is 0.416 e. The summed E-state index contributed by atoms with van der Waals surface area (Å²) in [5, 5.41) is 9.45. The molecular formula is C20H30F3NO3. The first-order valence-electron chi connectivity index (χ1n) is 9.24. The molecule has 4 nitrogen and oxygen atoms in total. The molecule has 0 bridgehead atoms. The first kappa shape index (κ1) is 23.4. The third-order valence-corrected chi connectivity index (χ3v) is 4.87. The Kier molecular flexibility index (Phi) is 8.26. The van der Waals surface area contributed by atoms with E-state index in [9.17, 15) is 27.9 Å². The summed E-state index contributed by atoms with van der Waals surface area (Å²) in [6.07, 6.45) is -1.81. The van der Waals surface area contributed by atoms with Gasteiger partial charge in [0, 0.05) is 12.5 Å². The molecule has 0 heterocycles. The van der Waals surface area contributed by atoms with Crippen molar-refractivity contribution in [1.82, 2.24) is 4.90 Å². The minimum atomic E-state index is -4.62. The maximum absolute atomic E-state index is 13.5. The Morgan fingerprint density at radius 3 is 2.33 bits per heavy atom. The number of nitrogens with zero attached hydrogens (tertiary/aromatic N) is 1. The predicted octanol–water partition coefficient (Wildman–Crippen LogP) is 4.33. The first-order valence-corrected chi connectivity index (χ1v) is 9.24. The molecule has 1 aliphatic rings. The summed E-state index contributed by atoms with van der Waals surface area (Å²) in [4.78, 5) is 25.9. The highest BCUT2D eigenvalue weighted by molar-refractivity contribution is 5.94. The van der Waals surface area contributed by atoms with Crippen molar-refractivity contribution in [3.63, 3.8) is 0 Å². The number of allylic oxidation sites excluding steroid dienone is 3. The van der Waals surface area contributed by atoms with Crippen molar-refractivity contribution in [3.8, 4) is 0 Å². The van der Waals surface area contributed by atoms with Crippen LogP contribution in [0.25, 0.3) is 0 Å². The van der Waals surface area contributed by atoms with Crippen LogP contribution < -0.4 is 0 Å². The van der Waals surface area contributed by atoms with Gasteiger partial charge < -0.3 is 10.0 Å². The summed E-state index contributed by atoms with van der Waals surface area (Å²) in [5.41, 5.74) is -0.797. The number of carboxylic acids is 1. The van der Waals surface area contributed by atoms with Crippen LogP contribution in [0.4, 0.5) is 13.2 Å². The van der Waals surface area contributed by atoms with Gasteiger partial charge in [-0.05, 0) is 56.8 Å². The van der Waals surface area contributed by atoms with Gasteiger partial charge in [0.15, 0.2) is 5.78 Å². The van der Waals surface area contributed by atoms with Crippen molar-refractivity contribution in [2.75, 3.05) is 20.6 Å². The van der Waals surface area contributed by atoms with Crippen molar-refractivity contribution < 1.29 is 27.9 Å². The van der Waals surface area contributed by atoms with Gasteiger partial charge in [-0.15, -0.1) is 0 Å². The van der Waals surface area contributed by atoms with Crippen molar-refractivity contribution >= 4 is 11.8 Å². The van der Waals surface area contributed by atoms with Crippen LogP contribution in [0.1, 0.15) is 40.0 Å². The minimum absolute atomic E-state index is 0.0482. The Bertz CT molecular complexity index is 606. The van der Waals surface area contributed by atoms with Crippen LogP contribution in [-0.4, -0.2) is 48.6 Å². The molecule has 3 unspecified atom stereocenters. The highest BCUT2D eigenvalue weighted by Gasteiger charge is 2.40. The third-order valence-electron chi connectivity index (χ3n) is 4.87. The summed E-state index contributed by atoms with van der Waals surface area (Å²) in [5.74, 6) is -3.50. The standard InChI is InChI=1S/C20H30F3NO3/c1-12(2)8-15(19(26)27)10-16-13(3)9-14(6-7-24(4)5)17(11-18(16)25)20(21,22)23/h9,11-13,15-16H,6-8,10H2,1-5H3,(H,26,27). The zero-order valence-corrected chi connectivity index (χ0v) is 16.6. The number of aliphatic carboxylic acids is 1. The monoisotopic (exact) mass is 389 g/mol.